The molecule has 1 N–H and O–H groups in total. The lowest BCUT2D eigenvalue weighted by Gasteiger charge is -2.30. The number of fused-ring (bicyclic) bond motifs is 1. The zero-order valence-electron chi connectivity index (χ0n) is 14.8. The van der Waals surface area contributed by atoms with Gasteiger partial charge in [-0.15, -0.1) is 0 Å². The van der Waals surface area contributed by atoms with Gasteiger partial charge in [-0.05, 0) is 44.0 Å². The van der Waals surface area contributed by atoms with Crippen molar-refractivity contribution in [3.8, 4) is 0 Å². The molecule has 0 spiro atoms. The zero-order valence-corrected chi connectivity index (χ0v) is 14.8. The third kappa shape index (κ3) is 3.40. The van der Waals surface area contributed by atoms with Crippen LogP contribution in [0.3, 0.4) is 0 Å². The van der Waals surface area contributed by atoms with E-state index in [1.165, 1.54) is 0 Å². The number of anilines is 1. The Hall–Kier alpha value is -2.89. The molecule has 134 valence electrons. The average Bonchev–Trinajstić information content (AvgIpc) is 3.13. The molecule has 1 amide bonds. The third-order valence-electron chi connectivity index (χ3n) is 4.91. The normalized spacial score (nSPS) is 16.6. The second-order valence-corrected chi connectivity index (χ2v) is 6.71. The Bertz CT molecular complexity index is 852. The summed E-state index contributed by atoms with van der Waals surface area (Å²) in [5, 5.41) is 3.08. The van der Waals surface area contributed by atoms with Gasteiger partial charge in [-0.25, -0.2) is 0 Å². The third-order valence-corrected chi connectivity index (χ3v) is 4.91. The molecule has 3 aromatic rings. The van der Waals surface area contributed by atoms with Crippen molar-refractivity contribution in [2.45, 2.75) is 25.8 Å². The van der Waals surface area contributed by atoms with Crippen LogP contribution in [0, 0.1) is 5.92 Å². The summed E-state index contributed by atoms with van der Waals surface area (Å²) in [4.78, 5) is 23.5. The van der Waals surface area contributed by atoms with Crippen molar-refractivity contribution in [2.75, 3.05) is 18.0 Å². The van der Waals surface area contributed by atoms with Crippen molar-refractivity contribution < 1.29 is 9.21 Å². The summed E-state index contributed by atoms with van der Waals surface area (Å²) in [6.45, 7) is 3.50. The fraction of sp³-hybridized carbons (Fsp3) is 0.350. The van der Waals surface area contributed by atoms with E-state index in [0.717, 1.165) is 42.7 Å². The summed E-state index contributed by atoms with van der Waals surface area (Å²) >= 11 is 0. The van der Waals surface area contributed by atoms with Crippen LogP contribution < -0.4 is 10.2 Å². The molecular formula is C20H22N4O2. The quantitative estimate of drug-likeness (QED) is 0.781. The molecule has 0 saturated carbocycles. The van der Waals surface area contributed by atoms with E-state index in [1.54, 1.807) is 6.20 Å². The molecular weight excluding hydrogens is 328 g/mol. The predicted molar refractivity (Wildman–Crippen MR) is 99.7 cm³/mol. The van der Waals surface area contributed by atoms with Crippen LogP contribution in [-0.2, 0) is 4.79 Å². The van der Waals surface area contributed by atoms with Gasteiger partial charge >= 0.3 is 0 Å². The molecule has 6 nitrogen and oxygen atoms in total. The van der Waals surface area contributed by atoms with Crippen molar-refractivity contribution in [1.29, 1.82) is 0 Å². The number of rotatable bonds is 4. The van der Waals surface area contributed by atoms with Gasteiger partial charge in [0.1, 0.15) is 5.52 Å². The molecule has 1 aliphatic rings. The highest BCUT2D eigenvalue weighted by molar-refractivity contribution is 5.79. The second-order valence-electron chi connectivity index (χ2n) is 6.71. The molecule has 1 aromatic carbocycles. The van der Waals surface area contributed by atoms with Crippen molar-refractivity contribution in [2.24, 2.45) is 5.92 Å². The lowest BCUT2D eigenvalue weighted by atomic mass is 9.95. The van der Waals surface area contributed by atoms with Crippen molar-refractivity contribution >= 4 is 23.0 Å². The molecule has 1 aliphatic heterocycles. The maximum atomic E-state index is 12.6. The summed E-state index contributed by atoms with van der Waals surface area (Å²) in [7, 11) is 0. The minimum absolute atomic E-state index is 0.0155. The predicted octanol–water partition coefficient (Wildman–Crippen LogP) is 3.32. The van der Waals surface area contributed by atoms with E-state index in [0.29, 0.717) is 6.01 Å². The van der Waals surface area contributed by atoms with Gasteiger partial charge in [0.2, 0.25) is 5.91 Å². The Balaban J connectivity index is 1.35. The summed E-state index contributed by atoms with van der Waals surface area (Å²) in [5.41, 5.74) is 2.54. The minimum atomic E-state index is -0.0845. The van der Waals surface area contributed by atoms with Crippen molar-refractivity contribution in [1.82, 2.24) is 15.3 Å². The Labute approximate surface area is 152 Å². The number of hydrogen-bond donors (Lipinski definition) is 1. The fourth-order valence-electron chi connectivity index (χ4n) is 3.37. The number of amides is 1. The SMILES string of the molecule is C[C@H](NC(=O)C1CCN(c2nc3ccccc3o2)CC1)c1ccccn1. The first-order valence-corrected chi connectivity index (χ1v) is 9.02. The monoisotopic (exact) mass is 350 g/mol. The van der Waals surface area contributed by atoms with Crippen LogP contribution in [0.15, 0.2) is 53.1 Å². The Morgan fingerprint density at radius 1 is 1.19 bits per heavy atom. The first kappa shape index (κ1) is 16.6. The molecule has 0 radical (unpaired) electrons. The van der Waals surface area contributed by atoms with E-state index < -0.39 is 0 Å². The number of benzene rings is 1. The number of para-hydroxylation sites is 2. The number of carbonyl (C=O) groups excluding carboxylic acids is 1. The number of nitrogens with zero attached hydrogens (tertiary/aromatic N) is 3. The number of nitrogens with one attached hydrogen (secondary N) is 1. The Morgan fingerprint density at radius 2 is 1.96 bits per heavy atom. The van der Waals surface area contributed by atoms with Crippen molar-refractivity contribution in [3.63, 3.8) is 0 Å². The van der Waals surface area contributed by atoms with Gasteiger partial charge in [0.25, 0.3) is 6.01 Å². The molecule has 0 unspecified atom stereocenters. The molecule has 2 aromatic heterocycles. The van der Waals surface area contributed by atoms with E-state index in [4.69, 9.17) is 4.42 Å². The second kappa shape index (κ2) is 7.15. The summed E-state index contributed by atoms with van der Waals surface area (Å²) in [6.07, 6.45) is 3.33. The van der Waals surface area contributed by atoms with Gasteiger partial charge in [-0.1, -0.05) is 18.2 Å². The van der Waals surface area contributed by atoms with Gasteiger partial charge in [-0.2, -0.15) is 4.98 Å². The standard InChI is InChI=1S/C20H22N4O2/c1-14(16-6-4-5-11-21-16)22-19(25)15-9-12-24(13-10-15)20-23-17-7-2-3-8-18(17)26-20/h2-8,11,14-15H,9-10,12-13H2,1H3,(H,22,25)/t14-/m0/s1. The van der Waals surface area contributed by atoms with Gasteiger partial charge in [0, 0.05) is 25.2 Å². The summed E-state index contributed by atoms with van der Waals surface area (Å²) in [5.74, 6) is 0.113. The van der Waals surface area contributed by atoms with E-state index in [2.05, 4.69) is 20.2 Å². The molecule has 1 saturated heterocycles. The van der Waals surface area contributed by atoms with Gasteiger partial charge < -0.3 is 14.6 Å². The molecule has 0 aliphatic carbocycles. The van der Waals surface area contributed by atoms with Crippen LogP contribution in [0.5, 0.6) is 0 Å². The minimum Gasteiger partial charge on any atom is -0.423 e. The first-order chi connectivity index (χ1) is 12.7. The highest BCUT2D eigenvalue weighted by Gasteiger charge is 2.28. The van der Waals surface area contributed by atoms with Gasteiger partial charge in [0.15, 0.2) is 5.58 Å². The van der Waals surface area contributed by atoms with E-state index in [9.17, 15) is 4.79 Å². The van der Waals surface area contributed by atoms with Crippen LogP contribution in [0.4, 0.5) is 6.01 Å². The lowest BCUT2D eigenvalue weighted by molar-refractivity contribution is -0.126. The first-order valence-electron chi connectivity index (χ1n) is 9.02. The van der Waals surface area contributed by atoms with Crippen LogP contribution >= 0.6 is 0 Å². The average molecular weight is 350 g/mol. The number of piperidine rings is 1. The van der Waals surface area contributed by atoms with Gasteiger partial charge in [0.05, 0.1) is 11.7 Å². The topological polar surface area (TPSA) is 71.3 Å². The number of pyridine rings is 1. The van der Waals surface area contributed by atoms with E-state index in [1.807, 2.05) is 49.4 Å². The Kier molecular flexibility index (Phi) is 4.56. The molecule has 1 fully saturated rings. The molecule has 0 bridgehead atoms. The largest absolute Gasteiger partial charge is 0.423 e. The maximum Gasteiger partial charge on any atom is 0.298 e. The zero-order chi connectivity index (χ0) is 17.9. The number of aromatic nitrogens is 2. The van der Waals surface area contributed by atoms with E-state index >= 15 is 0 Å². The number of hydrogen-bond acceptors (Lipinski definition) is 5. The van der Waals surface area contributed by atoms with Crippen LogP contribution in [0.2, 0.25) is 0 Å². The molecule has 26 heavy (non-hydrogen) atoms. The van der Waals surface area contributed by atoms with Crippen molar-refractivity contribution in [3.05, 3.63) is 54.4 Å². The van der Waals surface area contributed by atoms with Crippen LogP contribution in [0.25, 0.3) is 11.1 Å². The lowest BCUT2D eigenvalue weighted by Crippen LogP contribution is -2.41. The fourth-order valence-corrected chi connectivity index (χ4v) is 3.37. The molecule has 4 rings (SSSR count). The van der Waals surface area contributed by atoms with Crippen LogP contribution in [-0.4, -0.2) is 29.0 Å². The van der Waals surface area contributed by atoms with Crippen LogP contribution in [0.1, 0.15) is 31.5 Å². The van der Waals surface area contributed by atoms with Gasteiger partial charge in [-0.3, -0.25) is 9.78 Å². The molecule has 1 atom stereocenters. The molecule has 3 heterocycles. The molecule has 6 heteroatoms. The summed E-state index contributed by atoms with van der Waals surface area (Å²) in [6, 6.07) is 14.1. The highest BCUT2D eigenvalue weighted by Crippen LogP contribution is 2.26. The number of oxazole rings is 1. The van der Waals surface area contributed by atoms with E-state index in [-0.39, 0.29) is 17.9 Å². The smallest absolute Gasteiger partial charge is 0.298 e. The highest BCUT2D eigenvalue weighted by atomic mass is 16.4. The number of carbonyl (C=O) groups is 1. The Morgan fingerprint density at radius 3 is 2.69 bits per heavy atom. The summed E-state index contributed by atoms with van der Waals surface area (Å²) < 4.78 is 5.83. The maximum absolute atomic E-state index is 12.6.